The van der Waals surface area contributed by atoms with Crippen LogP contribution >= 0.6 is 0 Å². The van der Waals surface area contributed by atoms with Gasteiger partial charge in [0, 0.05) is 0 Å². The Bertz CT molecular complexity index is 482. The Kier molecular flexibility index (Phi) is 3.54. The summed E-state index contributed by atoms with van der Waals surface area (Å²) in [5, 5.41) is 7.35. The summed E-state index contributed by atoms with van der Waals surface area (Å²) in [4.78, 5) is 4.24. The lowest BCUT2D eigenvalue weighted by atomic mass is 10.1. The second-order valence-electron chi connectivity index (χ2n) is 4.36. The lowest BCUT2D eigenvalue weighted by Gasteiger charge is -2.07. The molecule has 17 heavy (non-hydrogen) atoms. The van der Waals surface area contributed by atoms with E-state index in [2.05, 4.69) is 47.4 Å². The summed E-state index contributed by atoms with van der Waals surface area (Å²) in [5.74, 6) is 0.964. The topological polar surface area (TPSA) is 42.7 Å². The zero-order chi connectivity index (χ0) is 12.3. The number of aromatic nitrogens is 3. The van der Waals surface area contributed by atoms with Crippen LogP contribution in [-0.4, -0.2) is 21.8 Å². The van der Waals surface area contributed by atoms with Crippen molar-refractivity contribution in [1.29, 1.82) is 0 Å². The Labute approximate surface area is 102 Å². The fourth-order valence-electron chi connectivity index (χ4n) is 2.05. The maximum absolute atomic E-state index is 4.25. The van der Waals surface area contributed by atoms with E-state index in [1.165, 1.54) is 16.7 Å². The van der Waals surface area contributed by atoms with Gasteiger partial charge in [-0.1, -0.05) is 29.3 Å². The van der Waals surface area contributed by atoms with Crippen LogP contribution in [0.5, 0.6) is 0 Å². The van der Waals surface area contributed by atoms with Gasteiger partial charge in [0.25, 0.3) is 0 Å². The average Bonchev–Trinajstić information content (AvgIpc) is 2.65. The molecule has 0 saturated carbocycles. The number of benzene rings is 1. The number of nitrogens with one attached hydrogen (secondary N) is 1. The molecule has 4 nitrogen and oxygen atoms in total. The summed E-state index contributed by atoms with van der Waals surface area (Å²) >= 11 is 0. The lowest BCUT2D eigenvalue weighted by molar-refractivity contribution is 0.612. The second kappa shape index (κ2) is 5.10. The highest BCUT2D eigenvalue weighted by atomic mass is 15.3. The van der Waals surface area contributed by atoms with Crippen molar-refractivity contribution >= 4 is 0 Å². The van der Waals surface area contributed by atoms with Gasteiger partial charge in [-0.25, -0.2) is 9.67 Å². The molecule has 0 radical (unpaired) electrons. The van der Waals surface area contributed by atoms with Gasteiger partial charge < -0.3 is 5.32 Å². The monoisotopic (exact) mass is 230 g/mol. The molecule has 1 heterocycles. The molecule has 0 spiro atoms. The molecule has 0 saturated heterocycles. The Morgan fingerprint density at radius 2 is 1.88 bits per heavy atom. The third-order valence-corrected chi connectivity index (χ3v) is 2.64. The zero-order valence-corrected chi connectivity index (χ0v) is 10.6. The summed E-state index contributed by atoms with van der Waals surface area (Å²) < 4.78 is 1.94. The molecule has 2 rings (SSSR count). The van der Waals surface area contributed by atoms with E-state index >= 15 is 0 Å². The molecule has 0 aliphatic carbocycles. The van der Waals surface area contributed by atoms with Crippen molar-refractivity contribution in [2.45, 2.75) is 26.9 Å². The molecule has 0 amide bonds. The molecular weight excluding hydrogens is 212 g/mol. The van der Waals surface area contributed by atoms with Crippen LogP contribution in [-0.2, 0) is 13.1 Å². The highest BCUT2D eigenvalue weighted by Crippen LogP contribution is 2.10. The normalized spacial score (nSPS) is 10.8. The van der Waals surface area contributed by atoms with E-state index in [1.807, 2.05) is 11.7 Å². The fraction of sp³-hybridized carbons (Fsp3) is 0.385. The van der Waals surface area contributed by atoms with Gasteiger partial charge in [-0.3, -0.25) is 0 Å². The smallest absolute Gasteiger partial charge is 0.141 e. The van der Waals surface area contributed by atoms with E-state index in [1.54, 1.807) is 6.33 Å². The van der Waals surface area contributed by atoms with Crippen LogP contribution in [0, 0.1) is 13.8 Å². The maximum Gasteiger partial charge on any atom is 0.141 e. The Morgan fingerprint density at radius 1 is 1.18 bits per heavy atom. The number of hydrogen-bond acceptors (Lipinski definition) is 3. The van der Waals surface area contributed by atoms with Gasteiger partial charge in [0.05, 0.1) is 13.1 Å². The fourth-order valence-corrected chi connectivity index (χ4v) is 2.05. The molecule has 90 valence electrons. The average molecular weight is 230 g/mol. The van der Waals surface area contributed by atoms with Gasteiger partial charge >= 0.3 is 0 Å². The van der Waals surface area contributed by atoms with Crippen LogP contribution in [0.1, 0.15) is 22.5 Å². The molecular formula is C13H18N4. The highest BCUT2D eigenvalue weighted by Gasteiger charge is 2.04. The van der Waals surface area contributed by atoms with Crippen molar-refractivity contribution in [2.75, 3.05) is 7.05 Å². The summed E-state index contributed by atoms with van der Waals surface area (Å²) in [6.07, 6.45) is 1.61. The van der Waals surface area contributed by atoms with E-state index in [0.717, 1.165) is 18.9 Å². The van der Waals surface area contributed by atoms with Crippen molar-refractivity contribution in [3.63, 3.8) is 0 Å². The first kappa shape index (κ1) is 11.8. The van der Waals surface area contributed by atoms with Crippen molar-refractivity contribution in [3.05, 3.63) is 47.0 Å². The van der Waals surface area contributed by atoms with Crippen LogP contribution in [0.3, 0.4) is 0 Å². The first-order valence-electron chi connectivity index (χ1n) is 5.77. The van der Waals surface area contributed by atoms with Crippen LogP contribution in [0.4, 0.5) is 0 Å². The van der Waals surface area contributed by atoms with E-state index < -0.39 is 0 Å². The molecule has 0 aliphatic heterocycles. The maximum atomic E-state index is 4.25. The van der Waals surface area contributed by atoms with E-state index in [-0.39, 0.29) is 0 Å². The van der Waals surface area contributed by atoms with Crippen molar-refractivity contribution in [2.24, 2.45) is 0 Å². The van der Waals surface area contributed by atoms with Gasteiger partial charge in [0.2, 0.25) is 0 Å². The molecule has 0 bridgehead atoms. The molecule has 1 aromatic carbocycles. The molecule has 4 heteroatoms. The number of aryl methyl sites for hydroxylation is 2. The van der Waals surface area contributed by atoms with Crippen LogP contribution < -0.4 is 5.32 Å². The summed E-state index contributed by atoms with van der Waals surface area (Å²) in [7, 11) is 1.91. The third kappa shape index (κ3) is 2.91. The van der Waals surface area contributed by atoms with Crippen molar-refractivity contribution < 1.29 is 0 Å². The van der Waals surface area contributed by atoms with Crippen LogP contribution in [0.2, 0.25) is 0 Å². The van der Waals surface area contributed by atoms with Crippen molar-refractivity contribution in [3.8, 4) is 0 Å². The molecule has 0 aliphatic rings. The third-order valence-electron chi connectivity index (χ3n) is 2.64. The minimum atomic E-state index is 0.741. The molecule has 2 aromatic rings. The minimum Gasteiger partial charge on any atom is -0.313 e. The summed E-state index contributed by atoms with van der Waals surface area (Å²) in [6.45, 7) is 5.75. The largest absolute Gasteiger partial charge is 0.313 e. The Balaban J connectivity index is 2.22. The Morgan fingerprint density at radius 3 is 2.53 bits per heavy atom. The quantitative estimate of drug-likeness (QED) is 0.868. The van der Waals surface area contributed by atoms with Gasteiger partial charge in [0.1, 0.15) is 12.2 Å². The summed E-state index contributed by atoms with van der Waals surface area (Å²) in [6, 6.07) is 6.56. The van der Waals surface area contributed by atoms with Gasteiger partial charge in [-0.15, -0.1) is 0 Å². The molecule has 1 N–H and O–H groups in total. The van der Waals surface area contributed by atoms with Gasteiger partial charge in [0.15, 0.2) is 0 Å². The first-order chi connectivity index (χ1) is 8.19. The second-order valence-corrected chi connectivity index (χ2v) is 4.36. The van der Waals surface area contributed by atoms with E-state index in [0.29, 0.717) is 0 Å². The molecule has 0 atom stereocenters. The lowest BCUT2D eigenvalue weighted by Crippen LogP contribution is -2.14. The molecule has 1 aromatic heterocycles. The van der Waals surface area contributed by atoms with Gasteiger partial charge in [-0.05, 0) is 26.5 Å². The molecule has 0 fully saturated rings. The zero-order valence-electron chi connectivity index (χ0n) is 10.6. The predicted octanol–water partition coefficient (Wildman–Crippen LogP) is 1.66. The predicted molar refractivity (Wildman–Crippen MR) is 67.8 cm³/mol. The minimum absolute atomic E-state index is 0.741. The SMILES string of the molecule is CNCc1ncnn1Cc1cc(C)cc(C)c1. The standard InChI is InChI=1S/C13H18N4/c1-10-4-11(2)6-12(5-10)8-17-13(7-14-3)15-9-16-17/h4-6,9,14H,7-8H2,1-3H3. The first-order valence-corrected chi connectivity index (χ1v) is 5.77. The number of rotatable bonds is 4. The Hall–Kier alpha value is -1.68. The van der Waals surface area contributed by atoms with Crippen molar-refractivity contribution in [1.82, 2.24) is 20.1 Å². The highest BCUT2D eigenvalue weighted by molar-refractivity contribution is 5.28. The van der Waals surface area contributed by atoms with Crippen LogP contribution in [0.25, 0.3) is 0 Å². The van der Waals surface area contributed by atoms with Crippen LogP contribution in [0.15, 0.2) is 24.5 Å². The van der Waals surface area contributed by atoms with E-state index in [9.17, 15) is 0 Å². The van der Waals surface area contributed by atoms with E-state index in [4.69, 9.17) is 0 Å². The number of nitrogens with zero attached hydrogens (tertiary/aromatic N) is 3. The number of hydrogen-bond donors (Lipinski definition) is 1. The molecule has 0 unspecified atom stereocenters. The summed E-state index contributed by atoms with van der Waals surface area (Å²) in [5.41, 5.74) is 3.84. The van der Waals surface area contributed by atoms with Gasteiger partial charge in [-0.2, -0.15) is 5.10 Å².